The lowest BCUT2D eigenvalue weighted by Gasteiger charge is -2.19. The molecule has 1 aromatic rings. The summed E-state index contributed by atoms with van der Waals surface area (Å²) in [5, 5.41) is 0. The zero-order chi connectivity index (χ0) is 15.3. The van der Waals surface area contributed by atoms with Crippen molar-refractivity contribution in [1.29, 1.82) is 0 Å². The number of hydrogen-bond acceptors (Lipinski definition) is 4. The number of nitrogens with two attached hydrogens (primary N) is 1. The maximum Gasteiger partial charge on any atom is 0.240 e. The molecule has 1 fully saturated rings. The summed E-state index contributed by atoms with van der Waals surface area (Å²) in [6.45, 7) is 3.18. The van der Waals surface area contributed by atoms with Crippen molar-refractivity contribution in [2.45, 2.75) is 43.5 Å². The number of nitrogens with one attached hydrogen (secondary N) is 1. The second-order valence-corrected chi connectivity index (χ2v) is 7.19. The zero-order valence-corrected chi connectivity index (χ0v) is 13.2. The van der Waals surface area contributed by atoms with Crippen LogP contribution in [0.4, 0.5) is 0 Å². The average Bonchev–Trinajstić information content (AvgIpc) is 2.92. The molecule has 0 aliphatic heterocycles. The van der Waals surface area contributed by atoms with Crippen LogP contribution in [-0.2, 0) is 10.0 Å². The zero-order valence-electron chi connectivity index (χ0n) is 12.4. The highest BCUT2D eigenvalue weighted by molar-refractivity contribution is 7.89. The van der Waals surface area contributed by atoms with E-state index in [-0.39, 0.29) is 16.9 Å². The van der Waals surface area contributed by atoms with E-state index in [2.05, 4.69) is 4.72 Å². The summed E-state index contributed by atoms with van der Waals surface area (Å²) in [4.78, 5) is 0.272. The van der Waals surface area contributed by atoms with Crippen molar-refractivity contribution in [3.05, 3.63) is 24.3 Å². The number of rotatable bonds is 7. The van der Waals surface area contributed by atoms with Crippen LogP contribution < -0.4 is 15.2 Å². The van der Waals surface area contributed by atoms with E-state index in [1.807, 2.05) is 6.92 Å². The molecule has 21 heavy (non-hydrogen) atoms. The maximum absolute atomic E-state index is 12.4. The van der Waals surface area contributed by atoms with Gasteiger partial charge in [0.05, 0.1) is 11.5 Å². The topological polar surface area (TPSA) is 81.4 Å². The van der Waals surface area contributed by atoms with Crippen molar-refractivity contribution < 1.29 is 13.2 Å². The third-order valence-electron chi connectivity index (χ3n) is 3.88. The molecule has 1 saturated carbocycles. The minimum Gasteiger partial charge on any atom is -0.494 e. The van der Waals surface area contributed by atoms with Gasteiger partial charge in [-0.3, -0.25) is 0 Å². The molecule has 0 radical (unpaired) electrons. The van der Waals surface area contributed by atoms with Gasteiger partial charge in [-0.25, -0.2) is 13.1 Å². The van der Waals surface area contributed by atoms with Gasteiger partial charge in [0.1, 0.15) is 5.75 Å². The molecule has 0 aromatic heterocycles. The van der Waals surface area contributed by atoms with Gasteiger partial charge in [0.2, 0.25) is 10.0 Å². The van der Waals surface area contributed by atoms with Crippen LogP contribution in [-0.4, -0.2) is 27.6 Å². The van der Waals surface area contributed by atoms with Crippen molar-refractivity contribution >= 4 is 10.0 Å². The lowest BCUT2D eigenvalue weighted by Crippen LogP contribution is -2.39. The summed E-state index contributed by atoms with van der Waals surface area (Å²) in [6.07, 6.45) is 3.80. The summed E-state index contributed by atoms with van der Waals surface area (Å²) in [7, 11) is -3.49. The first-order valence-corrected chi connectivity index (χ1v) is 9.00. The molecule has 1 aliphatic carbocycles. The normalized spacial score (nSPS) is 22.4. The van der Waals surface area contributed by atoms with Crippen molar-refractivity contribution in [2.75, 3.05) is 13.2 Å². The molecule has 2 unspecified atom stereocenters. The van der Waals surface area contributed by atoms with Gasteiger partial charge in [0, 0.05) is 6.04 Å². The summed E-state index contributed by atoms with van der Waals surface area (Å²) >= 11 is 0. The SMILES string of the molecule is CCCOc1ccc(S(=O)(=O)NC2CCCC2CN)cc1. The monoisotopic (exact) mass is 312 g/mol. The molecule has 6 heteroatoms. The summed E-state index contributed by atoms with van der Waals surface area (Å²) in [6, 6.07) is 6.51. The van der Waals surface area contributed by atoms with E-state index in [0.717, 1.165) is 25.7 Å². The molecule has 0 heterocycles. The van der Waals surface area contributed by atoms with Gasteiger partial charge in [0.25, 0.3) is 0 Å². The van der Waals surface area contributed by atoms with Crippen LogP contribution in [0, 0.1) is 5.92 Å². The molecule has 1 aliphatic rings. The maximum atomic E-state index is 12.4. The Bertz CT molecular complexity index is 543. The summed E-state index contributed by atoms with van der Waals surface area (Å²) in [5.41, 5.74) is 5.70. The minimum atomic E-state index is -3.49. The van der Waals surface area contributed by atoms with E-state index in [1.165, 1.54) is 0 Å². The Morgan fingerprint density at radius 2 is 2.00 bits per heavy atom. The molecule has 3 N–H and O–H groups in total. The molecule has 2 rings (SSSR count). The Morgan fingerprint density at radius 1 is 1.29 bits per heavy atom. The predicted octanol–water partition coefficient (Wildman–Crippen LogP) is 1.88. The fraction of sp³-hybridized carbons (Fsp3) is 0.600. The standard InChI is InChI=1S/C15H24N2O3S/c1-2-10-20-13-6-8-14(9-7-13)21(18,19)17-15-5-3-4-12(15)11-16/h6-9,12,15,17H,2-5,10-11,16H2,1H3. The van der Waals surface area contributed by atoms with E-state index >= 15 is 0 Å². The predicted molar refractivity (Wildman–Crippen MR) is 82.7 cm³/mol. The number of sulfonamides is 1. The Morgan fingerprint density at radius 3 is 2.62 bits per heavy atom. The van der Waals surface area contributed by atoms with Gasteiger partial charge in [-0.1, -0.05) is 13.3 Å². The highest BCUT2D eigenvalue weighted by atomic mass is 32.2. The van der Waals surface area contributed by atoms with Crippen LogP contribution >= 0.6 is 0 Å². The Hall–Kier alpha value is -1.11. The third-order valence-corrected chi connectivity index (χ3v) is 5.38. The van der Waals surface area contributed by atoms with E-state index in [1.54, 1.807) is 24.3 Å². The quantitative estimate of drug-likeness (QED) is 0.805. The first-order valence-electron chi connectivity index (χ1n) is 7.52. The van der Waals surface area contributed by atoms with Gasteiger partial charge in [-0.05, 0) is 56.0 Å². The number of ether oxygens (including phenoxy) is 1. The highest BCUT2D eigenvalue weighted by Gasteiger charge is 2.30. The molecule has 0 amide bonds. The summed E-state index contributed by atoms with van der Waals surface area (Å²) < 4.78 is 33.0. The number of benzene rings is 1. The Labute approximate surface area is 126 Å². The van der Waals surface area contributed by atoms with Crippen LogP contribution in [0.25, 0.3) is 0 Å². The van der Waals surface area contributed by atoms with Crippen molar-refractivity contribution in [1.82, 2.24) is 4.72 Å². The summed E-state index contributed by atoms with van der Waals surface area (Å²) in [5.74, 6) is 0.934. The second kappa shape index (κ2) is 7.24. The van der Waals surface area contributed by atoms with Crippen molar-refractivity contribution in [3.63, 3.8) is 0 Å². The van der Waals surface area contributed by atoms with Crippen LogP contribution in [0.2, 0.25) is 0 Å². The van der Waals surface area contributed by atoms with Gasteiger partial charge in [-0.15, -0.1) is 0 Å². The fourth-order valence-corrected chi connectivity index (χ4v) is 4.02. The molecule has 2 atom stereocenters. The molecular weight excluding hydrogens is 288 g/mol. The smallest absolute Gasteiger partial charge is 0.240 e. The molecular formula is C15H24N2O3S. The first kappa shape index (κ1) is 16.3. The molecule has 118 valence electrons. The van der Waals surface area contributed by atoms with E-state index in [9.17, 15) is 8.42 Å². The van der Waals surface area contributed by atoms with Crippen LogP contribution in [0.3, 0.4) is 0 Å². The van der Waals surface area contributed by atoms with Gasteiger partial charge >= 0.3 is 0 Å². The molecule has 1 aromatic carbocycles. The van der Waals surface area contributed by atoms with Crippen LogP contribution in [0.5, 0.6) is 5.75 Å². The molecule has 0 saturated heterocycles. The van der Waals surface area contributed by atoms with E-state index in [4.69, 9.17) is 10.5 Å². The lowest BCUT2D eigenvalue weighted by atomic mass is 10.1. The van der Waals surface area contributed by atoms with Crippen molar-refractivity contribution in [3.8, 4) is 5.75 Å². The molecule has 0 bridgehead atoms. The Balaban J connectivity index is 2.05. The Kier molecular flexibility index (Phi) is 5.61. The molecule has 5 nitrogen and oxygen atoms in total. The van der Waals surface area contributed by atoms with Crippen LogP contribution in [0.1, 0.15) is 32.6 Å². The van der Waals surface area contributed by atoms with Gasteiger partial charge < -0.3 is 10.5 Å². The highest BCUT2D eigenvalue weighted by Crippen LogP contribution is 2.26. The van der Waals surface area contributed by atoms with Crippen LogP contribution in [0.15, 0.2) is 29.2 Å². The molecule has 0 spiro atoms. The minimum absolute atomic E-state index is 0.0454. The average molecular weight is 312 g/mol. The number of hydrogen-bond donors (Lipinski definition) is 2. The fourth-order valence-electron chi connectivity index (χ4n) is 2.68. The van der Waals surface area contributed by atoms with E-state index < -0.39 is 10.0 Å². The lowest BCUT2D eigenvalue weighted by molar-refractivity contribution is 0.317. The second-order valence-electron chi connectivity index (χ2n) is 5.47. The van der Waals surface area contributed by atoms with E-state index in [0.29, 0.717) is 18.9 Å². The van der Waals surface area contributed by atoms with Gasteiger partial charge in [-0.2, -0.15) is 0 Å². The van der Waals surface area contributed by atoms with Gasteiger partial charge in [0.15, 0.2) is 0 Å². The third kappa shape index (κ3) is 4.18. The first-order chi connectivity index (χ1) is 10.1. The van der Waals surface area contributed by atoms with Crippen molar-refractivity contribution in [2.24, 2.45) is 11.7 Å². The largest absolute Gasteiger partial charge is 0.494 e.